The van der Waals surface area contributed by atoms with Gasteiger partial charge in [0.05, 0.1) is 0 Å². The van der Waals surface area contributed by atoms with Gasteiger partial charge >= 0.3 is 224 Å². The molecule has 0 aromatic heterocycles. The molecule has 0 nitrogen and oxygen atoms in total. The van der Waals surface area contributed by atoms with Crippen molar-refractivity contribution in [1.82, 2.24) is 0 Å². The zero-order valence-corrected chi connectivity index (χ0v) is 26.3. The largest absolute Gasteiger partial charge is 1.00 e. The molecule has 0 N–H and O–H groups in total. The number of benzene rings is 4. The molecule has 0 heterocycles. The first-order chi connectivity index (χ1) is 17.5. The van der Waals surface area contributed by atoms with Gasteiger partial charge in [0.15, 0.2) is 0 Å². The Morgan fingerprint density at radius 3 is 1.58 bits per heavy atom. The summed E-state index contributed by atoms with van der Waals surface area (Å²) in [6.45, 7) is 8.95. The number of fused-ring (bicyclic) bond motifs is 3. The Kier molecular flexibility index (Phi) is 8.94. The minimum Gasteiger partial charge on any atom is -1.00 e. The van der Waals surface area contributed by atoms with Crippen molar-refractivity contribution in [1.29, 1.82) is 0 Å². The van der Waals surface area contributed by atoms with E-state index in [0.29, 0.717) is 3.63 Å². The Hall–Kier alpha value is -2.31. The number of aryl methyl sites for hydroxylation is 4. The number of halogens is 2. The van der Waals surface area contributed by atoms with Gasteiger partial charge in [0.2, 0.25) is 0 Å². The van der Waals surface area contributed by atoms with Crippen molar-refractivity contribution in [3.8, 4) is 11.1 Å². The van der Waals surface area contributed by atoms with Gasteiger partial charge in [-0.1, -0.05) is 0 Å². The van der Waals surface area contributed by atoms with Crippen molar-refractivity contribution in [2.45, 2.75) is 37.7 Å². The molecule has 0 radical (unpaired) electrons. The third kappa shape index (κ3) is 5.27. The summed E-state index contributed by atoms with van der Waals surface area (Å²) in [5.74, 6) is 0. The molecule has 0 atom stereocenters. The van der Waals surface area contributed by atoms with Gasteiger partial charge in [-0.25, -0.2) is 0 Å². The van der Waals surface area contributed by atoms with E-state index in [2.05, 4.69) is 131 Å². The summed E-state index contributed by atoms with van der Waals surface area (Å²) in [7, 11) is 0. The fourth-order valence-corrected chi connectivity index (χ4v) is 14.9. The van der Waals surface area contributed by atoms with Crippen molar-refractivity contribution in [3.05, 3.63) is 151 Å². The molecule has 0 saturated heterocycles. The van der Waals surface area contributed by atoms with Gasteiger partial charge in [-0.2, -0.15) is 0 Å². The number of hydrogen-bond donors (Lipinski definition) is 0. The van der Waals surface area contributed by atoms with E-state index < -0.39 is 21.3 Å². The maximum atomic E-state index is 2.49. The van der Waals surface area contributed by atoms with Crippen LogP contribution in [-0.2, 0) is 21.3 Å². The first kappa shape index (κ1) is 28.7. The monoisotopic (exact) mass is 612 g/mol. The summed E-state index contributed by atoms with van der Waals surface area (Å²) in [6.07, 6.45) is 8.21. The van der Waals surface area contributed by atoms with E-state index in [0.717, 1.165) is 6.42 Å². The molecule has 190 valence electrons. The van der Waals surface area contributed by atoms with Crippen molar-refractivity contribution in [2.75, 3.05) is 0 Å². The van der Waals surface area contributed by atoms with Crippen LogP contribution in [0.3, 0.4) is 0 Å². The van der Waals surface area contributed by atoms with Gasteiger partial charge in [-0.3, -0.25) is 0 Å². The van der Waals surface area contributed by atoms with E-state index in [1.807, 2.05) is 0 Å². The molecule has 0 fully saturated rings. The average Bonchev–Trinajstić information content (AvgIpc) is 3.49. The zero-order valence-electron chi connectivity index (χ0n) is 22.4. The molecular weight excluding hydrogens is 583 g/mol. The molecular formula is C35H32Cl2Zr. The third-order valence-corrected chi connectivity index (χ3v) is 15.9. The predicted molar refractivity (Wildman–Crippen MR) is 151 cm³/mol. The Labute approximate surface area is 247 Å². The fraction of sp³-hybridized carbons (Fsp3) is 0.171. The molecule has 3 heteroatoms. The average molecular weight is 615 g/mol. The number of hydrogen-bond acceptors (Lipinski definition) is 0. The second-order valence-corrected chi connectivity index (χ2v) is 16.7. The molecule has 38 heavy (non-hydrogen) atoms. The topological polar surface area (TPSA) is 0 Å². The van der Waals surface area contributed by atoms with Crippen molar-refractivity contribution in [2.24, 2.45) is 0 Å². The van der Waals surface area contributed by atoms with E-state index in [9.17, 15) is 0 Å². The predicted octanol–water partition coefficient (Wildman–Crippen LogP) is 2.73. The summed E-state index contributed by atoms with van der Waals surface area (Å²) in [4.78, 5) is 0. The Morgan fingerprint density at radius 1 is 0.632 bits per heavy atom. The molecule has 4 aromatic rings. The summed E-state index contributed by atoms with van der Waals surface area (Å²) < 4.78 is 3.80. The van der Waals surface area contributed by atoms with Crippen LogP contribution in [0.25, 0.3) is 11.1 Å². The maximum Gasteiger partial charge on any atom is -1.00 e. The molecule has 0 amide bonds. The molecule has 2 aliphatic carbocycles. The van der Waals surface area contributed by atoms with Crippen LogP contribution in [0.15, 0.2) is 106 Å². The maximum absolute atomic E-state index is 2.58. The summed E-state index contributed by atoms with van der Waals surface area (Å²) in [6, 6.07) is 32.8. The standard InChI is InChI=1S/C15H13.C15H14.C5H5.2ClH.Zr/c1-10-3-5-14-12(7-10)9-13-8-11(2)4-6-15(13)14;1-12-5-3-7-14(9-12)11-15-8-4-6-13(2)10-15;1-2-4-5-3-1;;;/h3-9H,1-2H3;3-10H,1-2H3;1-3H,4H2;2*1H;/q;;;;;+2/p-2. The van der Waals surface area contributed by atoms with E-state index >= 15 is 0 Å². The van der Waals surface area contributed by atoms with Gasteiger partial charge < -0.3 is 24.8 Å². The molecule has 6 rings (SSSR count). The van der Waals surface area contributed by atoms with Crippen LogP contribution in [0, 0.1) is 27.7 Å². The van der Waals surface area contributed by atoms with Crippen LogP contribution in [0.4, 0.5) is 0 Å². The van der Waals surface area contributed by atoms with E-state index in [-0.39, 0.29) is 24.8 Å². The molecule has 0 aliphatic heterocycles. The van der Waals surface area contributed by atoms with Crippen molar-refractivity contribution in [3.63, 3.8) is 0 Å². The van der Waals surface area contributed by atoms with Crippen LogP contribution in [0.1, 0.15) is 54.6 Å². The first-order valence-electron chi connectivity index (χ1n) is 13.0. The van der Waals surface area contributed by atoms with Crippen molar-refractivity contribution >= 4 is 3.21 Å². The summed E-state index contributed by atoms with van der Waals surface area (Å²) >= 11 is -2.58. The van der Waals surface area contributed by atoms with Gasteiger partial charge in [0.25, 0.3) is 0 Å². The summed E-state index contributed by atoms with van der Waals surface area (Å²) in [5.41, 5.74) is 14.2. The Bertz CT molecular complexity index is 1510. The molecule has 0 bridgehead atoms. The molecule has 4 aromatic carbocycles. The normalized spacial score (nSPS) is 13.0. The first-order valence-corrected chi connectivity index (χ1v) is 16.8. The zero-order chi connectivity index (χ0) is 24.8. The summed E-state index contributed by atoms with van der Waals surface area (Å²) in [5, 5.41) is 0. The number of allylic oxidation sites excluding steroid dienone is 4. The van der Waals surface area contributed by atoms with Gasteiger partial charge in [0, 0.05) is 0 Å². The molecule has 0 saturated carbocycles. The third-order valence-electron chi connectivity index (χ3n) is 7.62. The van der Waals surface area contributed by atoms with Gasteiger partial charge in [-0.15, -0.1) is 0 Å². The van der Waals surface area contributed by atoms with Crippen LogP contribution in [-0.4, -0.2) is 3.21 Å². The quantitative estimate of drug-likeness (QED) is 0.332. The van der Waals surface area contributed by atoms with E-state index in [1.54, 1.807) is 17.6 Å². The minimum absolute atomic E-state index is 0. The van der Waals surface area contributed by atoms with E-state index in [4.69, 9.17) is 0 Å². The van der Waals surface area contributed by atoms with Gasteiger partial charge in [-0.05, 0) is 0 Å². The van der Waals surface area contributed by atoms with Crippen LogP contribution in [0.2, 0.25) is 0 Å². The smallest absolute Gasteiger partial charge is 1.00 e. The van der Waals surface area contributed by atoms with Crippen LogP contribution < -0.4 is 24.8 Å². The SMILES string of the molecule is Cc1cccc([C](c2cccc(C)c2)=[Zr+2]([C]2=CC=CC2)[CH]2c3cc(C)ccc3-c3ccc(C)cc32)c1.[Cl-].[Cl-]. The van der Waals surface area contributed by atoms with Gasteiger partial charge in [0.1, 0.15) is 0 Å². The minimum atomic E-state index is -2.58. The van der Waals surface area contributed by atoms with E-state index in [1.165, 1.54) is 44.5 Å². The Morgan fingerprint density at radius 2 is 1.13 bits per heavy atom. The molecule has 0 spiro atoms. The van der Waals surface area contributed by atoms with Crippen LogP contribution in [0.5, 0.6) is 0 Å². The van der Waals surface area contributed by atoms with Crippen molar-refractivity contribution < 1.29 is 46.1 Å². The second-order valence-electron chi connectivity index (χ2n) is 10.5. The van der Waals surface area contributed by atoms with Crippen LogP contribution >= 0.6 is 0 Å². The molecule has 0 unspecified atom stereocenters. The fourth-order valence-electron chi connectivity index (χ4n) is 6.03. The Balaban J connectivity index is 0.00000168. The number of rotatable bonds is 4. The molecule has 2 aliphatic rings. The second kappa shape index (κ2) is 11.8.